The molecule has 1 saturated carbocycles. The molecule has 2 unspecified atom stereocenters. The minimum Gasteiger partial charge on any atom is -0.334 e. The predicted octanol–water partition coefficient (Wildman–Crippen LogP) is 2.87. The zero-order valence-corrected chi connectivity index (χ0v) is 12.9. The minimum atomic E-state index is 0.0330. The first-order chi connectivity index (χ1) is 9.66. The summed E-state index contributed by atoms with van der Waals surface area (Å²) in [6.07, 6.45) is 11.3. The Labute approximate surface area is 123 Å². The van der Waals surface area contributed by atoms with Gasteiger partial charge in [0.15, 0.2) is 0 Å². The highest BCUT2D eigenvalue weighted by Crippen LogP contribution is 2.27. The second-order valence-electron chi connectivity index (χ2n) is 6.70. The van der Waals surface area contributed by atoms with Crippen molar-refractivity contribution in [2.45, 2.75) is 76.8 Å². The van der Waals surface area contributed by atoms with Gasteiger partial charge in [0, 0.05) is 25.2 Å². The van der Waals surface area contributed by atoms with Crippen LogP contribution in [0, 0.1) is 5.92 Å². The van der Waals surface area contributed by atoms with E-state index in [1.807, 2.05) is 11.8 Å². The summed E-state index contributed by atoms with van der Waals surface area (Å²) in [4.78, 5) is 14.3. The molecule has 4 heteroatoms. The summed E-state index contributed by atoms with van der Waals surface area (Å²) >= 11 is 0. The summed E-state index contributed by atoms with van der Waals surface area (Å²) in [5.41, 5.74) is 6.10. The van der Waals surface area contributed by atoms with E-state index in [0.717, 1.165) is 38.3 Å². The van der Waals surface area contributed by atoms with Crippen LogP contribution in [-0.2, 0) is 0 Å². The summed E-state index contributed by atoms with van der Waals surface area (Å²) in [5, 5.41) is 3.20. The van der Waals surface area contributed by atoms with Crippen LogP contribution >= 0.6 is 0 Å². The average molecular weight is 281 g/mol. The Morgan fingerprint density at radius 3 is 2.35 bits per heavy atom. The van der Waals surface area contributed by atoms with Gasteiger partial charge >= 0.3 is 6.03 Å². The zero-order valence-electron chi connectivity index (χ0n) is 12.9. The summed E-state index contributed by atoms with van der Waals surface area (Å²) in [5.74, 6) is 0.751. The summed E-state index contributed by atoms with van der Waals surface area (Å²) < 4.78 is 0. The number of hydrogen-bond acceptors (Lipinski definition) is 2. The molecule has 2 aliphatic rings. The Balaban J connectivity index is 1.82. The number of amides is 2. The van der Waals surface area contributed by atoms with E-state index < -0.39 is 0 Å². The molecule has 2 fully saturated rings. The quantitative estimate of drug-likeness (QED) is 0.832. The maximum atomic E-state index is 12.3. The van der Waals surface area contributed by atoms with Gasteiger partial charge in [-0.1, -0.05) is 32.1 Å². The normalized spacial score (nSPS) is 24.2. The number of carbonyl (C=O) groups excluding carboxylic acids is 1. The highest BCUT2D eigenvalue weighted by Gasteiger charge is 2.25. The topological polar surface area (TPSA) is 58.4 Å². The highest BCUT2D eigenvalue weighted by atomic mass is 16.2. The molecule has 3 N–H and O–H groups in total. The van der Waals surface area contributed by atoms with Crippen molar-refractivity contribution in [3.8, 4) is 0 Å². The van der Waals surface area contributed by atoms with Crippen LogP contribution in [0.2, 0.25) is 0 Å². The van der Waals surface area contributed by atoms with Crippen molar-refractivity contribution in [1.29, 1.82) is 0 Å². The number of nitrogens with zero attached hydrogens (tertiary/aromatic N) is 1. The summed E-state index contributed by atoms with van der Waals surface area (Å²) in [7, 11) is 0. The van der Waals surface area contributed by atoms with Crippen molar-refractivity contribution in [1.82, 2.24) is 10.2 Å². The number of nitrogens with one attached hydrogen (secondary N) is 1. The lowest BCUT2D eigenvalue weighted by molar-refractivity contribution is 0.176. The third-order valence-electron chi connectivity index (χ3n) is 4.90. The van der Waals surface area contributed by atoms with Crippen LogP contribution in [0.4, 0.5) is 4.79 Å². The van der Waals surface area contributed by atoms with Gasteiger partial charge in [-0.3, -0.25) is 0 Å². The van der Waals surface area contributed by atoms with E-state index in [4.69, 9.17) is 5.73 Å². The van der Waals surface area contributed by atoms with E-state index in [0.29, 0.717) is 0 Å². The molecule has 1 aliphatic heterocycles. The second kappa shape index (κ2) is 7.87. The molecule has 1 saturated heterocycles. The van der Waals surface area contributed by atoms with Crippen molar-refractivity contribution < 1.29 is 4.79 Å². The number of likely N-dealkylation sites (tertiary alicyclic amines) is 1. The summed E-state index contributed by atoms with van der Waals surface area (Å²) in [6.45, 7) is 3.83. The smallest absolute Gasteiger partial charge is 0.317 e. The first-order valence-electron chi connectivity index (χ1n) is 8.48. The van der Waals surface area contributed by atoms with Crippen LogP contribution in [0.3, 0.4) is 0 Å². The Morgan fingerprint density at radius 1 is 1.15 bits per heavy atom. The van der Waals surface area contributed by atoms with Crippen molar-refractivity contribution in [3.05, 3.63) is 0 Å². The Kier molecular flexibility index (Phi) is 6.14. The Hall–Kier alpha value is -0.770. The molecule has 0 aromatic carbocycles. The van der Waals surface area contributed by atoms with Crippen LogP contribution in [0.15, 0.2) is 0 Å². The molecular weight excluding hydrogens is 250 g/mol. The van der Waals surface area contributed by atoms with Gasteiger partial charge in [0.1, 0.15) is 0 Å². The molecule has 20 heavy (non-hydrogen) atoms. The van der Waals surface area contributed by atoms with Crippen LogP contribution in [-0.4, -0.2) is 36.1 Å². The van der Waals surface area contributed by atoms with E-state index >= 15 is 0 Å². The van der Waals surface area contributed by atoms with E-state index in [-0.39, 0.29) is 18.1 Å². The van der Waals surface area contributed by atoms with Crippen LogP contribution < -0.4 is 11.1 Å². The molecule has 0 radical (unpaired) electrons. The van der Waals surface area contributed by atoms with Crippen molar-refractivity contribution >= 4 is 6.03 Å². The monoisotopic (exact) mass is 281 g/mol. The fraction of sp³-hybridized carbons (Fsp3) is 0.938. The standard InChI is InChI=1S/C16H31N3O/c1-13(17)15(12-14-8-4-2-5-9-14)18-16(20)19-10-6-3-7-11-19/h13-15H,2-12,17H2,1H3,(H,18,20). The third-order valence-corrected chi connectivity index (χ3v) is 4.90. The van der Waals surface area contributed by atoms with Crippen molar-refractivity contribution in [2.24, 2.45) is 11.7 Å². The fourth-order valence-corrected chi connectivity index (χ4v) is 3.53. The third kappa shape index (κ3) is 4.65. The van der Waals surface area contributed by atoms with Crippen LogP contribution in [0.5, 0.6) is 0 Å². The van der Waals surface area contributed by atoms with Gasteiger partial charge in [-0.05, 0) is 38.5 Å². The van der Waals surface area contributed by atoms with E-state index in [9.17, 15) is 4.79 Å². The van der Waals surface area contributed by atoms with Crippen LogP contribution in [0.25, 0.3) is 0 Å². The predicted molar refractivity (Wildman–Crippen MR) is 82.6 cm³/mol. The number of rotatable bonds is 4. The minimum absolute atomic E-state index is 0.0330. The second-order valence-corrected chi connectivity index (χ2v) is 6.70. The van der Waals surface area contributed by atoms with E-state index in [2.05, 4.69) is 5.32 Å². The van der Waals surface area contributed by atoms with Gasteiger partial charge in [0.05, 0.1) is 0 Å². The molecule has 2 rings (SSSR count). The fourth-order valence-electron chi connectivity index (χ4n) is 3.53. The average Bonchev–Trinajstić information content (AvgIpc) is 2.48. The van der Waals surface area contributed by atoms with Crippen molar-refractivity contribution in [3.63, 3.8) is 0 Å². The lowest BCUT2D eigenvalue weighted by Crippen LogP contribution is -2.52. The molecule has 0 spiro atoms. The van der Waals surface area contributed by atoms with Gasteiger partial charge < -0.3 is 16.0 Å². The Bertz CT molecular complexity index is 294. The molecule has 116 valence electrons. The molecule has 1 aliphatic carbocycles. The molecular formula is C16H31N3O. The first-order valence-corrected chi connectivity index (χ1v) is 8.48. The van der Waals surface area contributed by atoms with Gasteiger partial charge in [0.2, 0.25) is 0 Å². The van der Waals surface area contributed by atoms with Gasteiger partial charge in [-0.2, -0.15) is 0 Å². The maximum Gasteiger partial charge on any atom is 0.317 e. The van der Waals surface area contributed by atoms with Gasteiger partial charge in [0.25, 0.3) is 0 Å². The van der Waals surface area contributed by atoms with E-state index in [1.54, 1.807) is 0 Å². The highest BCUT2D eigenvalue weighted by molar-refractivity contribution is 5.74. The molecule has 1 heterocycles. The number of piperidine rings is 1. The lowest BCUT2D eigenvalue weighted by atomic mass is 9.83. The Morgan fingerprint density at radius 2 is 1.75 bits per heavy atom. The molecule has 0 aromatic heterocycles. The number of carbonyl (C=O) groups is 1. The van der Waals surface area contributed by atoms with E-state index in [1.165, 1.54) is 38.5 Å². The first kappa shape index (κ1) is 15.6. The number of hydrogen-bond donors (Lipinski definition) is 2. The van der Waals surface area contributed by atoms with Crippen LogP contribution in [0.1, 0.15) is 64.7 Å². The number of urea groups is 1. The van der Waals surface area contributed by atoms with Gasteiger partial charge in [-0.25, -0.2) is 4.79 Å². The largest absolute Gasteiger partial charge is 0.334 e. The van der Waals surface area contributed by atoms with Gasteiger partial charge in [-0.15, -0.1) is 0 Å². The molecule has 0 aromatic rings. The maximum absolute atomic E-state index is 12.3. The molecule has 2 amide bonds. The van der Waals surface area contributed by atoms with Crippen molar-refractivity contribution in [2.75, 3.05) is 13.1 Å². The lowest BCUT2D eigenvalue weighted by Gasteiger charge is -2.33. The molecule has 2 atom stereocenters. The zero-order chi connectivity index (χ0) is 14.4. The SMILES string of the molecule is CC(N)C(CC1CCCCC1)NC(=O)N1CCCCC1. The summed E-state index contributed by atoms with van der Waals surface area (Å²) in [6, 6.07) is 0.265. The molecule has 0 bridgehead atoms. The number of nitrogens with two attached hydrogens (primary N) is 1. The molecule has 4 nitrogen and oxygen atoms in total.